The number of ketones is 2. The van der Waals surface area contributed by atoms with Crippen LogP contribution in [-0.4, -0.2) is 29.2 Å². The Kier molecular flexibility index (Phi) is 11.1. The lowest BCUT2D eigenvalue weighted by atomic mass is 9.73. The number of carbonyl (C=O) groups excluding carboxylic acids is 3. The van der Waals surface area contributed by atoms with E-state index in [0.717, 1.165) is 41.5 Å². The average Bonchev–Trinajstić information content (AvgIpc) is 2.95. The van der Waals surface area contributed by atoms with Crippen LogP contribution in [0.4, 0.5) is 0 Å². The smallest absolute Gasteiger partial charge is 0.291 e. The number of nitrogens with zero attached hydrogens (tertiary/aromatic N) is 1. The Morgan fingerprint density at radius 1 is 0.727 bits per heavy atom. The van der Waals surface area contributed by atoms with Gasteiger partial charge < -0.3 is 5.11 Å². The van der Waals surface area contributed by atoms with Crippen molar-refractivity contribution in [3.63, 3.8) is 0 Å². The number of aliphatic hydroxyl groups excluding tert-OH is 1. The first-order valence-corrected chi connectivity index (χ1v) is 16.0. The highest BCUT2D eigenvalue weighted by atomic mass is 16.3. The average molecular weight is 602 g/mol. The molecule has 0 saturated heterocycles. The molecule has 1 N–H and O–H groups in total. The summed E-state index contributed by atoms with van der Waals surface area (Å²) in [5.41, 5.74) is 2.70. The first-order chi connectivity index (χ1) is 20.4. The second-order valence-electron chi connectivity index (χ2n) is 15.3. The van der Waals surface area contributed by atoms with E-state index in [0.29, 0.717) is 43.3 Å². The number of rotatable bonds is 14. The summed E-state index contributed by atoms with van der Waals surface area (Å²) in [6.45, 7) is 16.1. The molecular formula is C38H51NO5. The number of carbonyl (C=O) groups is 3. The molecule has 0 fully saturated rings. The lowest BCUT2D eigenvalue weighted by Gasteiger charge is -2.29. The van der Waals surface area contributed by atoms with Crippen molar-refractivity contribution in [2.45, 2.75) is 107 Å². The van der Waals surface area contributed by atoms with Crippen LogP contribution in [0.1, 0.15) is 118 Å². The maximum Gasteiger partial charge on any atom is 0.291 e. The first kappa shape index (κ1) is 35.2. The fraction of sp³-hybridized carbons (Fsp3) is 0.553. The zero-order valence-corrected chi connectivity index (χ0v) is 28.0. The van der Waals surface area contributed by atoms with Crippen LogP contribution in [0.15, 0.2) is 64.9 Å². The lowest BCUT2D eigenvalue weighted by Crippen LogP contribution is -2.22. The van der Waals surface area contributed by atoms with Gasteiger partial charge in [0.05, 0.1) is 0 Å². The minimum atomic E-state index is -0.812. The molecule has 6 heteroatoms. The van der Waals surface area contributed by atoms with Crippen LogP contribution in [0.2, 0.25) is 0 Å². The molecule has 0 aromatic heterocycles. The van der Waals surface area contributed by atoms with Crippen molar-refractivity contribution in [1.29, 1.82) is 0 Å². The Labute approximate surface area is 263 Å². The van der Waals surface area contributed by atoms with Crippen LogP contribution in [0.5, 0.6) is 0 Å². The van der Waals surface area contributed by atoms with E-state index in [9.17, 15) is 24.4 Å². The SMILES string of the molecule is CC1(C)C=C(CCCCC(C)(C)CO)C(=O)C(c2ccccc2C2=CC(C)(C)C=C(CCCCC(C)(C)C(=O)N=O)C2=O)=C1. The van der Waals surface area contributed by atoms with Gasteiger partial charge in [-0.05, 0) is 66.2 Å². The fourth-order valence-electron chi connectivity index (χ4n) is 6.17. The number of benzene rings is 1. The highest BCUT2D eigenvalue weighted by Gasteiger charge is 2.33. The van der Waals surface area contributed by atoms with Gasteiger partial charge in [-0.15, -0.1) is 4.91 Å². The van der Waals surface area contributed by atoms with E-state index in [1.165, 1.54) is 0 Å². The molecule has 238 valence electrons. The van der Waals surface area contributed by atoms with Crippen LogP contribution < -0.4 is 0 Å². The molecule has 2 aliphatic carbocycles. The van der Waals surface area contributed by atoms with Crippen molar-refractivity contribution < 1.29 is 19.5 Å². The Morgan fingerprint density at radius 3 is 1.57 bits per heavy atom. The van der Waals surface area contributed by atoms with E-state index in [1.807, 2.05) is 42.5 Å². The number of unbranched alkanes of at least 4 members (excludes halogenated alkanes) is 2. The first-order valence-electron chi connectivity index (χ1n) is 16.0. The molecule has 1 aromatic carbocycles. The lowest BCUT2D eigenvalue weighted by molar-refractivity contribution is -0.126. The van der Waals surface area contributed by atoms with Crippen LogP contribution in [0, 0.1) is 26.6 Å². The van der Waals surface area contributed by atoms with Gasteiger partial charge in [-0.2, -0.15) is 0 Å². The monoisotopic (exact) mass is 601 g/mol. The molecule has 44 heavy (non-hydrogen) atoms. The molecule has 0 spiro atoms. The molecule has 2 aliphatic rings. The number of hydrogen-bond donors (Lipinski definition) is 1. The van der Waals surface area contributed by atoms with Crippen LogP contribution in [0.25, 0.3) is 11.1 Å². The number of hydrogen-bond acceptors (Lipinski definition) is 5. The number of amides is 1. The van der Waals surface area contributed by atoms with Gasteiger partial charge in [-0.3, -0.25) is 14.4 Å². The largest absolute Gasteiger partial charge is 0.396 e. The topological polar surface area (TPSA) is 101 Å². The molecule has 1 aromatic rings. The maximum absolute atomic E-state index is 14.0. The number of aliphatic hydroxyl groups is 1. The molecule has 3 rings (SSSR count). The van der Waals surface area contributed by atoms with Gasteiger partial charge in [-0.25, -0.2) is 0 Å². The van der Waals surface area contributed by atoms with Gasteiger partial charge in [0.15, 0.2) is 11.6 Å². The summed E-state index contributed by atoms with van der Waals surface area (Å²) in [5.74, 6) is -0.669. The molecule has 0 unspecified atom stereocenters. The predicted octanol–water partition coefficient (Wildman–Crippen LogP) is 8.98. The van der Waals surface area contributed by atoms with Gasteiger partial charge in [0, 0.05) is 39.2 Å². The predicted molar refractivity (Wildman–Crippen MR) is 179 cm³/mol. The normalized spacial score (nSPS) is 18.3. The van der Waals surface area contributed by atoms with Gasteiger partial charge in [0.25, 0.3) is 5.91 Å². The molecule has 6 nitrogen and oxygen atoms in total. The van der Waals surface area contributed by atoms with Gasteiger partial charge >= 0.3 is 0 Å². The number of allylic oxidation sites excluding steroid dienone is 8. The fourth-order valence-corrected chi connectivity index (χ4v) is 6.17. The zero-order chi connectivity index (χ0) is 32.9. The van der Waals surface area contributed by atoms with E-state index >= 15 is 0 Å². The van der Waals surface area contributed by atoms with E-state index in [2.05, 4.69) is 52.8 Å². The quantitative estimate of drug-likeness (QED) is 0.169. The van der Waals surface area contributed by atoms with Crippen LogP contribution >= 0.6 is 0 Å². The van der Waals surface area contributed by atoms with Crippen molar-refractivity contribution in [2.24, 2.45) is 26.8 Å². The summed E-state index contributed by atoms with van der Waals surface area (Å²) >= 11 is 0. The van der Waals surface area contributed by atoms with Crippen molar-refractivity contribution in [3.8, 4) is 0 Å². The third kappa shape index (κ3) is 8.90. The molecule has 0 aliphatic heterocycles. The number of nitroso groups, excluding NO2 is 1. The van der Waals surface area contributed by atoms with Crippen molar-refractivity contribution in [2.75, 3.05) is 6.61 Å². The second-order valence-corrected chi connectivity index (χ2v) is 15.3. The van der Waals surface area contributed by atoms with E-state index in [-0.39, 0.29) is 34.4 Å². The molecule has 0 saturated carbocycles. The molecular weight excluding hydrogens is 550 g/mol. The molecule has 1 amide bonds. The minimum absolute atomic E-state index is 0.0130. The third-order valence-electron chi connectivity index (χ3n) is 8.84. The van der Waals surface area contributed by atoms with Gasteiger partial charge in [-0.1, -0.05) is 117 Å². The minimum Gasteiger partial charge on any atom is -0.396 e. The van der Waals surface area contributed by atoms with E-state index in [4.69, 9.17) is 0 Å². The van der Waals surface area contributed by atoms with Crippen LogP contribution in [-0.2, 0) is 14.4 Å². The molecule has 0 bridgehead atoms. The summed E-state index contributed by atoms with van der Waals surface area (Å²) in [6.07, 6.45) is 14.0. The van der Waals surface area contributed by atoms with Crippen molar-refractivity contribution in [3.05, 3.63) is 75.7 Å². The second kappa shape index (κ2) is 13.8. The summed E-state index contributed by atoms with van der Waals surface area (Å²) in [5, 5.41) is 12.2. The van der Waals surface area contributed by atoms with E-state index in [1.54, 1.807) is 13.8 Å². The highest BCUT2D eigenvalue weighted by molar-refractivity contribution is 6.34. The zero-order valence-electron chi connectivity index (χ0n) is 28.0. The summed E-state index contributed by atoms with van der Waals surface area (Å²) < 4.78 is 0. The highest BCUT2D eigenvalue weighted by Crippen LogP contribution is 2.42. The Hall–Kier alpha value is -3.25. The standard InChI is InChI=1S/C38H51NO5/c1-35(2,25-40)19-13-11-15-26-21-36(3,4)23-30(32(26)41)28-17-9-10-18-29(28)31-24-37(5,6)22-27(33(31)42)16-12-14-20-38(7,8)34(43)39-44/h9-10,17-18,21-24,40H,11-16,19-20,25H2,1-8H3. The van der Waals surface area contributed by atoms with Gasteiger partial charge in [0.2, 0.25) is 0 Å². The molecule has 0 radical (unpaired) electrons. The third-order valence-corrected chi connectivity index (χ3v) is 8.84. The van der Waals surface area contributed by atoms with E-state index < -0.39 is 11.3 Å². The van der Waals surface area contributed by atoms with Gasteiger partial charge in [0.1, 0.15) is 0 Å². The summed E-state index contributed by atoms with van der Waals surface area (Å²) in [4.78, 5) is 50.5. The van der Waals surface area contributed by atoms with Crippen molar-refractivity contribution in [1.82, 2.24) is 0 Å². The summed E-state index contributed by atoms with van der Waals surface area (Å²) in [7, 11) is 0. The summed E-state index contributed by atoms with van der Waals surface area (Å²) in [6, 6.07) is 7.72. The Bertz CT molecular complexity index is 1410. The van der Waals surface area contributed by atoms with Crippen LogP contribution in [0.3, 0.4) is 0 Å². The molecule has 0 heterocycles. The Balaban J connectivity index is 1.84. The van der Waals surface area contributed by atoms with Crippen molar-refractivity contribution >= 4 is 28.6 Å². The number of Topliss-reactive ketones (excluding diaryl/α,β-unsaturated/α-hetero) is 2. The Morgan fingerprint density at radius 2 is 1.16 bits per heavy atom. The molecule has 0 atom stereocenters. The maximum atomic E-state index is 14.0.